The van der Waals surface area contributed by atoms with Gasteiger partial charge < -0.3 is 5.32 Å². The average molecular weight is 376 g/mol. The molecule has 134 valence electrons. The van der Waals surface area contributed by atoms with Crippen LogP contribution in [0.3, 0.4) is 0 Å². The van der Waals surface area contributed by atoms with E-state index in [2.05, 4.69) is 41.7 Å². The van der Waals surface area contributed by atoms with Gasteiger partial charge in [-0.25, -0.2) is 0 Å². The summed E-state index contributed by atoms with van der Waals surface area (Å²) in [7, 11) is 0. The van der Waals surface area contributed by atoms with Crippen LogP contribution in [0.15, 0.2) is 79.1 Å². The van der Waals surface area contributed by atoms with Crippen molar-refractivity contribution in [2.75, 3.05) is 5.32 Å². The molecule has 1 unspecified atom stereocenters. The molecule has 1 aromatic heterocycles. The summed E-state index contributed by atoms with van der Waals surface area (Å²) >= 11 is 5.90. The molecule has 4 rings (SSSR count). The van der Waals surface area contributed by atoms with Gasteiger partial charge in [-0.1, -0.05) is 54.1 Å². The molecule has 0 radical (unpaired) electrons. The Hall–Kier alpha value is -2.91. The van der Waals surface area contributed by atoms with Gasteiger partial charge in [-0.15, -0.1) is 0 Å². The normalized spacial score (nSPS) is 15.5. The van der Waals surface area contributed by atoms with Gasteiger partial charge in [0.2, 0.25) is 12.3 Å². The summed E-state index contributed by atoms with van der Waals surface area (Å²) in [6, 6.07) is 19.7. The molecule has 1 N–H and O–H groups in total. The van der Waals surface area contributed by atoms with Crippen molar-refractivity contribution in [3.63, 3.8) is 0 Å². The number of aromatic nitrogens is 1. The van der Waals surface area contributed by atoms with Gasteiger partial charge in [0.15, 0.2) is 12.4 Å². The summed E-state index contributed by atoms with van der Waals surface area (Å²) in [4.78, 5) is 12.5. The number of carbonyl (C=O) groups excluding carboxylic acids is 1. The van der Waals surface area contributed by atoms with Gasteiger partial charge in [-0.2, -0.15) is 4.57 Å². The first-order valence-corrected chi connectivity index (χ1v) is 9.37. The molecule has 0 spiro atoms. The van der Waals surface area contributed by atoms with Gasteiger partial charge in [0.1, 0.15) is 0 Å². The Bertz CT molecular complexity index is 981. The molecule has 1 aliphatic heterocycles. The molecule has 0 saturated carbocycles. The lowest BCUT2D eigenvalue weighted by atomic mass is 10.0. The molecule has 2 heterocycles. The molecule has 0 bridgehead atoms. The van der Waals surface area contributed by atoms with Crippen molar-refractivity contribution in [2.45, 2.75) is 19.0 Å². The molecule has 3 nitrogen and oxygen atoms in total. The van der Waals surface area contributed by atoms with Crippen LogP contribution in [-0.2, 0) is 6.54 Å². The summed E-state index contributed by atoms with van der Waals surface area (Å²) in [6.07, 6.45) is 9.18. The highest BCUT2D eigenvalue weighted by atomic mass is 35.5. The van der Waals surface area contributed by atoms with E-state index in [9.17, 15) is 4.79 Å². The van der Waals surface area contributed by atoms with Gasteiger partial charge in [0.05, 0.1) is 17.3 Å². The van der Waals surface area contributed by atoms with Gasteiger partial charge in [-0.05, 0) is 36.2 Å². The molecule has 3 aromatic rings. The van der Waals surface area contributed by atoms with E-state index in [0.717, 1.165) is 17.7 Å². The summed E-state index contributed by atoms with van der Waals surface area (Å²) < 4.78 is 1.92. The first-order chi connectivity index (χ1) is 13.2. The number of hydrogen-bond acceptors (Lipinski definition) is 2. The van der Waals surface area contributed by atoms with E-state index in [1.807, 2.05) is 29.1 Å². The number of nitrogens with zero attached hydrogens (tertiary/aromatic N) is 1. The number of benzene rings is 2. The number of rotatable bonds is 4. The Kier molecular flexibility index (Phi) is 5.03. The number of hydrogen-bond donors (Lipinski definition) is 1. The Labute approximate surface area is 163 Å². The Morgan fingerprint density at radius 1 is 1.07 bits per heavy atom. The molecule has 1 atom stereocenters. The van der Waals surface area contributed by atoms with Gasteiger partial charge in [0, 0.05) is 16.7 Å². The molecule has 0 saturated heterocycles. The third-order valence-corrected chi connectivity index (χ3v) is 4.99. The number of ketones is 1. The van der Waals surface area contributed by atoms with E-state index in [1.165, 1.54) is 5.56 Å². The molecule has 0 aliphatic carbocycles. The molecule has 1 aliphatic rings. The minimum Gasteiger partial charge on any atom is -0.377 e. The smallest absolute Gasteiger partial charge is 0.227 e. The van der Waals surface area contributed by atoms with Crippen molar-refractivity contribution in [1.82, 2.24) is 0 Å². The van der Waals surface area contributed by atoms with Gasteiger partial charge in [-0.3, -0.25) is 4.79 Å². The second kappa shape index (κ2) is 7.77. The maximum atomic E-state index is 12.5. The number of nitrogens with one attached hydrogen (secondary N) is 1. The van der Waals surface area contributed by atoms with E-state index in [4.69, 9.17) is 11.6 Å². The van der Waals surface area contributed by atoms with Crippen LogP contribution < -0.4 is 9.88 Å². The Balaban J connectivity index is 1.53. The Morgan fingerprint density at radius 2 is 1.85 bits per heavy atom. The van der Waals surface area contributed by atoms with Gasteiger partial charge >= 0.3 is 0 Å². The number of carbonyl (C=O) groups is 1. The lowest BCUT2D eigenvalue weighted by Crippen LogP contribution is -2.37. The monoisotopic (exact) mass is 375 g/mol. The maximum absolute atomic E-state index is 12.5. The third kappa shape index (κ3) is 4.09. The van der Waals surface area contributed by atoms with Crippen LogP contribution in [0.5, 0.6) is 0 Å². The van der Waals surface area contributed by atoms with Crippen molar-refractivity contribution in [1.29, 1.82) is 0 Å². The van der Waals surface area contributed by atoms with Crippen LogP contribution in [0, 0.1) is 0 Å². The highest BCUT2D eigenvalue weighted by molar-refractivity contribution is 6.30. The lowest BCUT2D eigenvalue weighted by Gasteiger charge is -2.18. The molecule has 2 aromatic carbocycles. The van der Waals surface area contributed by atoms with Crippen LogP contribution in [-0.4, -0.2) is 5.78 Å². The maximum Gasteiger partial charge on any atom is 0.227 e. The molecule has 27 heavy (non-hydrogen) atoms. The molecule has 0 fully saturated rings. The predicted molar refractivity (Wildman–Crippen MR) is 109 cm³/mol. The predicted octanol–water partition coefficient (Wildman–Crippen LogP) is 5.08. The van der Waals surface area contributed by atoms with Crippen molar-refractivity contribution >= 4 is 29.1 Å². The van der Waals surface area contributed by atoms with E-state index in [1.54, 1.807) is 24.3 Å². The fraction of sp³-hybridized carbons (Fsp3) is 0.130. The lowest BCUT2D eigenvalue weighted by molar-refractivity contribution is -0.683. The molecular formula is C23H20ClN2O+. The number of halogens is 1. The first kappa shape index (κ1) is 17.5. The number of anilines is 1. The summed E-state index contributed by atoms with van der Waals surface area (Å²) in [5.41, 5.74) is 4.09. The average Bonchev–Trinajstić information content (AvgIpc) is 2.91. The minimum absolute atomic E-state index is 0.0596. The fourth-order valence-corrected chi connectivity index (χ4v) is 3.42. The van der Waals surface area contributed by atoms with E-state index in [0.29, 0.717) is 17.1 Å². The first-order valence-electron chi connectivity index (χ1n) is 8.99. The number of Topliss-reactive ketones (excluding diaryl/α,β-unsaturated/α-hetero) is 1. The highest BCUT2D eigenvalue weighted by Crippen LogP contribution is 2.28. The van der Waals surface area contributed by atoms with Crippen LogP contribution >= 0.6 is 11.6 Å². The van der Waals surface area contributed by atoms with Crippen molar-refractivity contribution in [3.8, 4) is 0 Å². The second-order valence-electron chi connectivity index (χ2n) is 6.66. The third-order valence-electron chi connectivity index (χ3n) is 4.74. The molecule has 0 amide bonds. The molecule has 4 heteroatoms. The zero-order valence-corrected chi connectivity index (χ0v) is 15.6. The fourth-order valence-electron chi connectivity index (χ4n) is 3.30. The number of fused-ring (bicyclic) bond motifs is 1. The zero-order chi connectivity index (χ0) is 18.6. The largest absolute Gasteiger partial charge is 0.377 e. The summed E-state index contributed by atoms with van der Waals surface area (Å²) in [5, 5.41) is 4.25. The van der Waals surface area contributed by atoms with Gasteiger partial charge in [0.25, 0.3) is 0 Å². The minimum atomic E-state index is 0.0596. The summed E-state index contributed by atoms with van der Waals surface area (Å²) in [6.45, 7) is 0.296. The van der Waals surface area contributed by atoms with Crippen molar-refractivity contribution in [3.05, 3.63) is 101 Å². The van der Waals surface area contributed by atoms with Crippen molar-refractivity contribution < 1.29 is 9.36 Å². The Morgan fingerprint density at radius 3 is 2.63 bits per heavy atom. The van der Waals surface area contributed by atoms with Crippen molar-refractivity contribution in [2.24, 2.45) is 0 Å². The van der Waals surface area contributed by atoms with E-state index >= 15 is 0 Å². The van der Waals surface area contributed by atoms with E-state index in [-0.39, 0.29) is 11.8 Å². The highest BCUT2D eigenvalue weighted by Gasteiger charge is 2.18. The molecular weight excluding hydrogens is 356 g/mol. The standard InChI is InChI=1S/C23H19ClN2O/c24-20-11-9-18(10-12-20)23(27)16-26-14-13-22-19(15-26)7-4-8-21(25-22)17-5-2-1-3-6-17/h1-7,9-15,21H,8,16H2/p+1. The van der Waals surface area contributed by atoms with Crippen LogP contribution in [0.4, 0.5) is 5.69 Å². The van der Waals surface area contributed by atoms with Crippen LogP contribution in [0.1, 0.15) is 33.9 Å². The quantitative estimate of drug-likeness (QED) is 0.509. The zero-order valence-electron chi connectivity index (χ0n) is 14.8. The van der Waals surface area contributed by atoms with Crippen LogP contribution in [0.2, 0.25) is 5.02 Å². The van der Waals surface area contributed by atoms with Crippen LogP contribution in [0.25, 0.3) is 6.08 Å². The number of pyridine rings is 1. The van der Waals surface area contributed by atoms with E-state index < -0.39 is 0 Å². The SMILES string of the molecule is O=C(C[n+]1ccc2c(c1)C=CCC(c1ccccc1)N2)c1ccc(Cl)cc1. The summed E-state index contributed by atoms with van der Waals surface area (Å²) in [5.74, 6) is 0.0596. The topological polar surface area (TPSA) is 33.0 Å². The second-order valence-corrected chi connectivity index (χ2v) is 7.10.